The molecule has 6 heteroatoms. The number of rotatable bonds is 6. The molecule has 128 valence electrons. The number of benzene rings is 1. The highest BCUT2D eigenvalue weighted by molar-refractivity contribution is 7.09. The number of nitrogens with one attached hydrogen (secondary N) is 1. The molecule has 2 aromatic heterocycles. The molecule has 1 N–H and O–H groups in total. The molecule has 0 fully saturated rings. The molecule has 1 amide bonds. The normalized spacial score (nSPS) is 10.6. The molecule has 0 radical (unpaired) electrons. The van der Waals surface area contributed by atoms with Crippen LogP contribution in [-0.2, 0) is 17.8 Å². The zero-order valence-corrected chi connectivity index (χ0v) is 14.8. The third-order valence-electron chi connectivity index (χ3n) is 3.78. The van der Waals surface area contributed by atoms with Gasteiger partial charge in [0.1, 0.15) is 6.54 Å². The largest absolute Gasteiger partial charge is 0.354 e. The molecule has 25 heavy (non-hydrogen) atoms. The van der Waals surface area contributed by atoms with E-state index < -0.39 is 0 Å². The van der Waals surface area contributed by atoms with Gasteiger partial charge >= 0.3 is 0 Å². The zero-order valence-electron chi connectivity index (χ0n) is 13.9. The Morgan fingerprint density at radius 1 is 1.16 bits per heavy atom. The number of carbonyl (C=O) groups excluding carboxylic acids is 1. The van der Waals surface area contributed by atoms with Gasteiger partial charge in [0.15, 0.2) is 0 Å². The lowest BCUT2D eigenvalue weighted by Gasteiger charge is -2.08. The van der Waals surface area contributed by atoms with Crippen LogP contribution in [0.4, 0.5) is 0 Å². The van der Waals surface area contributed by atoms with Gasteiger partial charge < -0.3 is 5.32 Å². The Kier molecular flexibility index (Phi) is 5.40. The predicted molar refractivity (Wildman–Crippen MR) is 99.7 cm³/mol. The van der Waals surface area contributed by atoms with Crippen molar-refractivity contribution in [2.45, 2.75) is 19.9 Å². The van der Waals surface area contributed by atoms with Crippen molar-refractivity contribution in [1.82, 2.24) is 15.1 Å². The van der Waals surface area contributed by atoms with Gasteiger partial charge in [-0.05, 0) is 30.9 Å². The lowest BCUT2D eigenvalue weighted by molar-refractivity contribution is -0.121. The number of carbonyl (C=O) groups is 1. The van der Waals surface area contributed by atoms with E-state index in [4.69, 9.17) is 0 Å². The molecule has 0 aliphatic rings. The van der Waals surface area contributed by atoms with Crippen molar-refractivity contribution in [1.29, 1.82) is 0 Å². The van der Waals surface area contributed by atoms with Gasteiger partial charge in [0.25, 0.3) is 5.56 Å². The molecule has 3 rings (SSSR count). The summed E-state index contributed by atoms with van der Waals surface area (Å²) in [6.45, 7) is 2.48. The standard InChI is InChI=1S/C19H19N3O2S/c1-14-4-6-15(7-5-14)17-8-9-19(24)22(21-17)13-18(23)20-11-10-16-3-2-12-25-16/h2-9,12H,10-11,13H2,1H3,(H,20,23). The Hall–Kier alpha value is -2.73. The van der Waals surface area contributed by atoms with E-state index in [-0.39, 0.29) is 18.0 Å². The minimum absolute atomic E-state index is 0.0804. The van der Waals surface area contributed by atoms with Gasteiger partial charge in [-0.3, -0.25) is 9.59 Å². The van der Waals surface area contributed by atoms with E-state index in [9.17, 15) is 9.59 Å². The maximum atomic E-state index is 12.1. The lowest BCUT2D eigenvalue weighted by atomic mass is 10.1. The fourth-order valence-corrected chi connectivity index (χ4v) is 3.12. The highest BCUT2D eigenvalue weighted by Crippen LogP contribution is 2.15. The molecule has 3 aromatic rings. The van der Waals surface area contributed by atoms with E-state index >= 15 is 0 Å². The van der Waals surface area contributed by atoms with Gasteiger partial charge in [-0.2, -0.15) is 5.10 Å². The van der Waals surface area contributed by atoms with E-state index in [0.29, 0.717) is 12.2 Å². The van der Waals surface area contributed by atoms with Crippen LogP contribution in [0.3, 0.4) is 0 Å². The Labute approximate surface area is 150 Å². The van der Waals surface area contributed by atoms with Crippen LogP contribution in [0.5, 0.6) is 0 Å². The SMILES string of the molecule is Cc1ccc(-c2ccc(=O)n(CC(=O)NCCc3cccs3)n2)cc1. The van der Waals surface area contributed by atoms with E-state index in [1.54, 1.807) is 17.4 Å². The number of aromatic nitrogens is 2. The first-order chi connectivity index (χ1) is 12.1. The summed E-state index contributed by atoms with van der Waals surface area (Å²) in [7, 11) is 0. The van der Waals surface area contributed by atoms with Crippen molar-refractivity contribution in [3.8, 4) is 11.3 Å². The molecule has 0 aliphatic heterocycles. The third-order valence-corrected chi connectivity index (χ3v) is 4.72. The summed E-state index contributed by atoms with van der Waals surface area (Å²) in [4.78, 5) is 25.3. The minimum atomic E-state index is -0.288. The molecule has 0 atom stereocenters. The summed E-state index contributed by atoms with van der Waals surface area (Å²) in [5.74, 6) is -0.216. The van der Waals surface area contributed by atoms with Crippen molar-refractivity contribution in [3.05, 3.63) is 74.7 Å². The van der Waals surface area contributed by atoms with Gasteiger partial charge in [0.2, 0.25) is 5.91 Å². The van der Waals surface area contributed by atoms with Crippen LogP contribution in [0.15, 0.2) is 58.7 Å². The van der Waals surface area contributed by atoms with Crippen LogP contribution in [0.2, 0.25) is 0 Å². The van der Waals surface area contributed by atoms with Crippen molar-refractivity contribution < 1.29 is 4.79 Å². The summed E-state index contributed by atoms with van der Waals surface area (Å²) in [6, 6.07) is 15.0. The number of nitrogens with zero attached hydrogens (tertiary/aromatic N) is 2. The van der Waals surface area contributed by atoms with Crippen LogP contribution < -0.4 is 10.9 Å². The quantitative estimate of drug-likeness (QED) is 0.741. The highest BCUT2D eigenvalue weighted by atomic mass is 32.1. The van der Waals surface area contributed by atoms with Gasteiger partial charge in [0.05, 0.1) is 5.69 Å². The molecule has 0 spiro atoms. The number of aryl methyl sites for hydroxylation is 1. The highest BCUT2D eigenvalue weighted by Gasteiger charge is 2.08. The summed E-state index contributed by atoms with van der Waals surface area (Å²) in [6.07, 6.45) is 0.787. The lowest BCUT2D eigenvalue weighted by Crippen LogP contribution is -2.34. The summed E-state index contributed by atoms with van der Waals surface area (Å²) >= 11 is 1.66. The number of hydrogen-bond donors (Lipinski definition) is 1. The van der Waals surface area contributed by atoms with Crippen LogP contribution in [0, 0.1) is 6.92 Å². The maximum Gasteiger partial charge on any atom is 0.267 e. The second-order valence-corrected chi connectivity index (χ2v) is 6.79. The second-order valence-electron chi connectivity index (χ2n) is 5.76. The van der Waals surface area contributed by atoms with Crippen LogP contribution in [0.1, 0.15) is 10.4 Å². The fraction of sp³-hybridized carbons (Fsp3) is 0.211. The van der Waals surface area contributed by atoms with Crippen molar-refractivity contribution in [2.75, 3.05) is 6.54 Å². The average molecular weight is 353 g/mol. The number of thiophene rings is 1. The van der Waals surface area contributed by atoms with Crippen LogP contribution in [0.25, 0.3) is 11.3 Å². The predicted octanol–water partition coefficient (Wildman–Crippen LogP) is 2.64. The van der Waals surface area contributed by atoms with Gasteiger partial charge in [-0.15, -0.1) is 11.3 Å². The van der Waals surface area contributed by atoms with Gasteiger partial charge in [0, 0.05) is 23.1 Å². The third kappa shape index (κ3) is 4.64. The maximum absolute atomic E-state index is 12.1. The number of amides is 1. The Morgan fingerprint density at radius 2 is 1.96 bits per heavy atom. The first-order valence-electron chi connectivity index (χ1n) is 8.06. The average Bonchev–Trinajstić information content (AvgIpc) is 3.11. The first kappa shape index (κ1) is 17.1. The minimum Gasteiger partial charge on any atom is -0.354 e. The molecular formula is C19H19N3O2S. The smallest absolute Gasteiger partial charge is 0.267 e. The van der Waals surface area contributed by atoms with Crippen LogP contribution >= 0.6 is 11.3 Å². The zero-order chi connectivity index (χ0) is 17.6. The van der Waals surface area contributed by atoms with Crippen molar-refractivity contribution in [3.63, 3.8) is 0 Å². The van der Waals surface area contributed by atoms with E-state index in [1.807, 2.05) is 48.7 Å². The summed E-state index contributed by atoms with van der Waals surface area (Å²) < 4.78 is 1.20. The van der Waals surface area contributed by atoms with Crippen molar-refractivity contribution in [2.24, 2.45) is 0 Å². The van der Waals surface area contributed by atoms with E-state index in [1.165, 1.54) is 15.6 Å². The summed E-state index contributed by atoms with van der Waals surface area (Å²) in [5, 5.41) is 9.16. The van der Waals surface area contributed by atoms with E-state index in [0.717, 1.165) is 17.5 Å². The molecular weight excluding hydrogens is 334 g/mol. The monoisotopic (exact) mass is 353 g/mol. The Bertz CT molecular complexity index is 899. The molecule has 0 aliphatic carbocycles. The van der Waals surface area contributed by atoms with Crippen LogP contribution in [-0.4, -0.2) is 22.2 Å². The molecule has 0 bridgehead atoms. The Balaban J connectivity index is 1.65. The summed E-state index contributed by atoms with van der Waals surface area (Å²) in [5.41, 5.74) is 2.45. The molecule has 5 nitrogen and oxygen atoms in total. The topological polar surface area (TPSA) is 64.0 Å². The molecule has 0 saturated carbocycles. The van der Waals surface area contributed by atoms with Crippen molar-refractivity contribution >= 4 is 17.2 Å². The first-order valence-corrected chi connectivity index (χ1v) is 8.94. The molecule has 1 aromatic carbocycles. The van der Waals surface area contributed by atoms with E-state index in [2.05, 4.69) is 10.4 Å². The second kappa shape index (κ2) is 7.90. The molecule has 2 heterocycles. The molecule has 0 unspecified atom stereocenters. The van der Waals surface area contributed by atoms with Gasteiger partial charge in [-0.1, -0.05) is 35.9 Å². The Morgan fingerprint density at radius 3 is 2.68 bits per heavy atom. The number of hydrogen-bond acceptors (Lipinski definition) is 4. The molecule has 0 saturated heterocycles. The fourth-order valence-electron chi connectivity index (χ4n) is 2.41. The van der Waals surface area contributed by atoms with Gasteiger partial charge in [-0.25, -0.2) is 4.68 Å².